The minimum Gasteiger partial charge on any atom is -0.464 e. The van der Waals surface area contributed by atoms with E-state index in [1.165, 1.54) is 11.8 Å². The summed E-state index contributed by atoms with van der Waals surface area (Å²) in [5.74, 6) is -1.01. The zero-order valence-corrected chi connectivity index (χ0v) is 13.1. The van der Waals surface area contributed by atoms with E-state index in [4.69, 9.17) is 9.47 Å². The van der Waals surface area contributed by atoms with Crippen molar-refractivity contribution in [3.8, 4) is 5.75 Å². The highest BCUT2D eigenvalue weighted by Gasteiger charge is 2.22. The van der Waals surface area contributed by atoms with Gasteiger partial charge in [0.2, 0.25) is 5.91 Å². The quantitative estimate of drug-likeness (QED) is 0.571. The normalized spacial score (nSPS) is 9.95. The Morgan fingerprint density at radius 2 is 1.82 bits per heavy atom. The standard InChI is InChI=1S/C16H21NO5/c1-4-10-21-16(20)11-17(15(19)5-2)13-8-6-7-9-14(13)22-12(3)18/h6-9H,4-5,10-11H2,1-3H3. The van der Waals surface area contributed by atoms with Crippen molar-refractivity contribution in [2.45, 2.75) is 33.6 Å². The van der Waals surface area contributed by atoms with Crippen LogP contribution in [0.5, 0.6) is 5.75 Å². The van der Waals surface area contributed by atoms with Crippen LogP contribution in [-0.4, -0.2) is 31.0 Å². The van der Waals surface area contributed by atoms with Gasteiger partial charge in [-0.15, -0.1) is 0 Å². The van der Waals surface area contributed by atoms with Crippen LogP contribution in [0.3, 0.4) is 0 Å². The van der Waals surface area contributed by atoms with E-state index in [0.29, 0.717) is 18.7 Å². The van der Waals surface area contributed by atoms with Crippen molar-refractivity contribution in [3.63, 3.8) is 0 Å². The van der Waals surface area contributed by atoms with Crippen LogP contribution in [0.4, 0.5) is 5.69 Å². The molecule has 6 heteroatoms. The molecule has 0 unspecified atom stereocenters. The van der Waals surface area contributed by atoms with Crippen LogP contribution in [0, 0.1) is 0 Å². The fourth-order valence-corrected chi connectivity index (χ4v) is 1.81. The monoisotopic (exact) mass is 307 g/mol. The first-order valence-corrected chi connectivity index (χ1v) is 7.23. The van der Waals surface area contributed by atoms with Gasteiger partial charge < -0.3 is 9.47 Å². The van der Waals surface area contributed by atoms with E-state index in [-0.39, 0.29) is 24.6 Å². The Labute approximate surface area is 130 Å². The summed E-state index contributed by atoms with van der Waals surface area (Å²) >= 11 is 0. The van der Waals surface area contributed by atoms with Crippen molar-refractivity contribution in [2.24, 2.45) is 0 Å². The minimum atomic E-state index is -0.499. The number of carbonyl (C=O) groups excluding carboxylic acids is 3. The Kier molecular flexibility index (Phi) is 7.08. The molecule has 0 aliphatic rings. The maximum Gasteiger partial charge on any atom is 0.326 e. The first-order valence-electron chi connectivity index (χ1n) is 7.23. The van der Waals surface area contributed by atoms with Gasteiger partial charge in [-0.25, -0.2) is 0 Å². The smallest absolute Gasteiger partial charge is 0.326 e. The SMILES string of the molecule is CCCOC(=O)CN(C(=O)CC)c1ccccc1OC(C)=O. The molecule has 1 amide bonds. The number of ether oxygens (including phenoxy) is 2. The molecule has 0 saturated carbocycles. The molecular weight excluding hydrogens is 286 g/mol. The lowest BCUT2D eigenvalue weighted by atomic mass is 10.2. The molecule has 0 aliphatic heterocycles. The van der Waals surface area contributed by atoms with E-state index in [2.05, 4.69) is 0 Å². The summed E-state index contributed by atoms with van der Waals surface area (Å²) in [6.07, 6.45) is 0.924. The molecule has 0 bridgehead atoms. The van der Waals surface area contributed by atoms with E-state index in [0.717, 1.165) is 0 Å². The zero-order chi connectivity index (χ0) is 16.5. The molecule has 0 atom stereocenters. The van der Waals surface area contributed by atoms with Crippen LogP contribution >= 0.6 is 0 Å². The average molecular weight is 307 g/mol. The van der Waals surface area contributed by atoms with E-state index < -0.39 is 11.9 Å². The summed E-state index contributed by atoms with van der Waals surface area (Å²) in [6.45, 7) is 4.95. The number of nitrogens with zero attached hydrogens (tertiary/aromatic N) is 1. The van der Waals surface area contributed by atoms with Crippen LogP contribution in [0.15, 0.2) is 24.3 Å². The van der Waals surface area contributed by atoms with Gasteiger partial charge in [0.05, 0.1) is 12.3 Å². The molecule has 0 aromatic heterocycles. The Morgan fingerprint density at radius 3 is 2.41 bits per heavy atom. The summed E-state index contributed by atoms with van der Waals surface area (Å²) in [5.41, 5.74) is 0.373. The number of hydrogen-bond donors (Lipinski definition) is 0. The lowest BCUT2D eigenvalue weighted by Crippen LogP contribution is -2.36. The Morgan fingerprint density at radius 1 is 1.14 bits per heavy atom. The zero-order valence-electron chi connectivity index (χ0n) is 13.1. The van der Waals surface area contributed by atoms with Gasteiger partial charge in [0, 0.05) is 13.3 Å². The molecule has 0 radical (unpaired) electrons. The maximum absolute atomic E-state index is 12.1. The second kappa shape index (κ2) is 8.81. The third-order valence-corrected chi connectivity index (χ3v) is 2.77. The molecule has 0 spiro atoms. The summed E-state index contributed by atoms with van der Waals surface area (Å²) in [7, 11) is 0. The number of esters is 2. The van der Waals surface area contributed by atoms with Crippen molar-refractivity contribution in [3.05, 3.63) is 24.3 Å². The Bertz CT molecular complexity index is 541. The molecule has 0 heterocycles. The van der Waals surface area contributed by atoms with Crippen molar-refractivity contribution >= 4 is 23.5 Å². The van der Waals surface area contributed by atoms with Crippen LogP contribution in [0.2, 0.25) is 0 Å². The third-order valence-electron chi connectivity index (χ3n) is 2.77. The van der Waals surface area contributed by atoms with Gasteiger partial charge in [0.25, 0.3) is 0 Å². The number of hydrogen-bond acceptors (Lipinski definition) is 5. The second-order valence-electron chi connectivity index (χ2n) is 4.62. The lowest BCUT2D eigenvalue weighted by molar-refractivity contribution is -0.142. The topological polar surface area (TPSA) is 72.9 Å². The Hall–Kier alpha value is -2.37. The second-order valence-corrected chi connectivity index (χ2v) is 4.62. The molecule has 120 valence electrons. The third kappa shape index (κ3) is 5.20. The summed E-state index contributed by atoms with van der Waals surface area (Å²) < 4.78 is 10.1. The molecule has 0 N–H and O–H groups in total. The maximum atomic E-state index is 12.1. The minimum absolute atomic E-state index is 0.217. The van der Waals surface area contributed by atoms with E-state index in [1.54, 1.807) is 31.2 Å². The number of para-hydroxylation sites is 2. The highest BCUT2D eigenvalue weighted by molar-refractivity contribution is 5.99. The van der Waals surface area contributed by atoms with Gasteiger partial charge in [-0.1, -0.05) is 26.0 Å². The van der Waals surface area contributed by atoms with E-state index >= 15 is 0 Å². The van der Waals surface area contributed by atoms with Gasteiger partial charge in [0.15, 0.2) is 5.75 Å². The van der Waals surface area contributed by atoms with Gasteiger partial charge in [-0.3, -0.25) is 19.3 Å². The van der Waals surface area contributed by atoms with E-state index in [9.17, 15) is 14.4 Å². The van der Waals surface area contributed by atoms with Gasteiger partial charge in [0.1, 0.15) is 6.54 Å². The number of carbonyl (C=O) groups is 3. The van der Waals surface area contributed by atoms with Gasteiger partial charge in [-0.05, 0) is 18.6 Å². The summed E-state index contributed by atoms with van der Waals surface area (Å²) in [5, 5.41) is 0. The lowest BCUT2D eigenvalue weighted by Gasteiger charge is -2.23. The molecule has 1 aromatic rings. The van der Waals surface area contributed by atoms with Crippen LogP contribution < -0.4 is 9.64 Å². The fraction of sp³-hybridized carbons (Fsp3) is 0.438. The van der Waals surface area contributed by atoms with Crippen molar-refractivity contribution < 1.29 is 23.9 Å². The van der Waals surface area contributed by atoms with Crippen LogP contribution in [0.25, 0.3) is 0 Å². The number of amides is 1. The predicted molar refractivity (Wildman–Crippen MR) is 81.6 cm³/mol. The first-order chi connectivity index (χ1) is 10.5. The van der Waals surface area contributed by atoms with Gasteiger partial charge in [-0.2, -0.15) is 0 Å². The van der Waals surface area contributed by atoms with Crippen molar-refractivity contribution in [2.75, 3.05) is 18.1 Å². The number of benzene rings is 1. The predicted octanol–water partition coefficient (Wildman–Crippen LogP) is 2.31. The van der Waals surface area contributed by atoms with Gasteiger partial charge >= 0.3 is 11.9 Å². The molecule has 0 saturated heterocycles. The first kappa shape index (κ1) is 17.7. The van der Waals surface area contributed by atoms with Crippen LogP contribution in [-0.2, 0) is 19.1 Å². The summed E-state index contributed by atoms with van der Waals surface area (Å²) in [6, 6.07) is 6.59. The molecule has 1 aromatic carbocycles. The van der Waals surface area contributed by atoms with Crippen molar-refractivity contribution in [1.29, 1.82) is 0 Å². The molecule has 0 fully saturated rings. The highest BCUT2D eigenvalue weighted by Crippen LogP contribution is 2.28. The Balaban J connectivity index is 3.04. The number of rotatable bonds is 7. The van der Waals surface area contributed by atoms with Crippen molar-refractivity contribution in [1.82, 2.24) is 0 Å². The highest BCUT2D eigenvalue weighted by atomic mass is 16.5. The largest absolute Gasteiger partial charge is 0.464 e. The fourth-order valence-electron chi connectivity index (χ4n) is 1.81. The van der Waals surface area contributed by atoms with E-state index in [1.807, 2.05) is 6.92 Å². The molecule has 6 nitrogen and oxygen atoms in total. The molecule has 0 aliphatic carbocycles. The molecule has 1 rings (SSSR count). The number of anilines is 1. The van der Waals surface area contributed by atoms with Crippen LogP contribution in [0.1, 0.15) is 33.6 Å². The molecular formula is C16H21NO5. The molecule has 22 heavy (non-hydrogen) atoms. The summed E-state index contributed by atoms with van der Waals surface area (Å²) in [4.78, 5) is 36.4. The average Bonchev–Trinajstić information content (AvgIpc) is 2.50.